The number of carbonyl (C=O) groups excluding carboxylic acids is 3. The topological polar surface area (TPSA) is 98.9 Å². The van der Waals surface area contributed by atoms with Crippen LogP contribution in [0.3, 0.4) is 0 Å². The third-order valence-corrected chi connectivity index (χ3v) is 5.16. The van der Waals surface area contributed by atoms with Gasteiger partial charge in [-0.15, -0.1) is 0 Å². The minimum absolute atomic E-state index is 0.0467. The summed E-state index contributed by atoms with van der Waals surface area (Å²) in [6, 6.07) is 18.7. The van der Waals surface area contributed by atoms with Crippen LogP contribution in [0.25, 0.3) is 0 Å². The van der Waals surface area contributed by atoms with E-state index in [1.165, 1.54) is 35.2 Å². The van der Waals surface area contributed by atoms with E-state index < -0.39 is 30.2 Å². The van der Waals surface area contributed by atoms with Crippen LogP contribution in [0.2, 0.25) is 5.02 Å². The molecule has 2 N–H and O–H groups in total. The van der Waals surface area contributed by atoms with Crippen LogP contribution in [0.1, 0.15) is 22.3 Å². The summed E-state index contributed by atoms with van der Waals surface area (Å²) in [5.74, 6) is -2.19. The van der Waals surface area contributed by atoms with E-state index in [2.05, 4.69) is 0 Å². The molecule has 0 aliphatic carbocycles. The van der Waals surface area contributed by atoms with Crippen LogP contribution in [0, 0.1) is 5.82 Å². The third kappa shape index (κ3) is 6.79. The van der Waals surface area contributed by atoms with Crippen molar-refractivity contribution in [2.24, 2.45) is 5.73 Å². The molecule has 2 amide bonds. The van der Waals surface area contributed by atoms with Crippen LogP contribution in [-0.2, 0) is 20.9 Å². The Kier molecular flexibility index (Phi) is 8.59. The molecule has 3 aromatic rings. The van der Waals surface area contributed by atoms with E-state index in [0.717, 1.165) is 5.56 Å². The van der Waals surface area contributed by atoms with Crippen molar-refractivity contribution in [3.05, 3.63) is 94.8 Å². The molecule has 0 fully saturated rings. The van der Waals surface area contributed by atoms with Crippen LogP contribution in [0.5, 0.6) is 5.75 Å². The summed E-state index contributed by atoms with van der Waals surface area (Å²) in [4.78, 5) is 37.9. The van der Waals surface area contributed by atoms with Crippen LogP contribution >= 0.6 is 11.6 Å². The van der Waals surface area contributed by atoms with E-state index in [1.807, 2.05) is 6.07 Å². The van der Waals surface area contributed by atoms with Crippen LogP contribution in [0.15, 0.2) is 72.8 Å². The maximum Gasteiger partial charge on any atom is 0.342 e. The van der Waals surface area contributed by atoms with Gasteiger partial charge >= 0.3 is 5.97 Å². The van der Waals surface area contributed by atoms with Gasteiger partial charge in [0.15, 0.2) is 6.61 Å². The fraction of sp³-hybridized carbons (Fsp3) is 0.160. The predicted molar refractivity (Wildman–Crippen MR) is 125 cm³/mol. The number of benzene rings is 3. The lowest BCUT2D eigenvalue weighted by Gasteiger charge is -2.22. The Hall–Kier alpha value is -3.91. The first-order valence-electron chi connectivity index (χ1n) is 10.3. The lowest BCUT2D eigenvalue weighted by Crippen LogP contribution is -2.37. The monoisotopic (exact) mass is 484 g/mol. The molecule has 0 saturated heterocycles. The quantitative estimate of drug-likeness (QED) is 0.436. The predicted octanol–water partition coefficient (Wildman–Crippen LogP) is 4.12. The summed E-state index contributed by atoms with van der Waals surface area (Å²) in [5.41, 5.74) is 6.41. The van der Waals surface area contributed by atoms with E-state index in [-0.39, 0.29) is 30.9 Å². The van der Waals surface area contributed by atoms with Gasteiger partial charge in [-0.05, 0) is 42.5 Å². The molecule has 3 rings (SSSR count). The molecule has 0 saturated carbocycles. The zero-order valence-corrected chi connectivity index (χ0v) is 18.8. The second-order valence-corrected chi connectivity index (χ2v) is 7.60. The summed E-state index contributed by atoms with van der Waals surface area (Å²) in [6.45, 7) is -0.517. The highest BCUT2D eigenvalue weighted by Crippen LogP contribution is 2.23. The SMILES string of the molecule is NC(=O)CCN(C(=O)COC(=O)c1ccccc1OCc1ccccc1Cl)c1ccc(F)cc1. The second kappa shape index (κ2) is 11.8. The standard InChI is InChI=1S/C25H22ClFN2O5/c26-21-7-3-1-5-17(21)15-33-22-8-4-2-6-20(22)25(32)34-16-24(31)29(14-13-23(28)30)19-11-9-18(27)10-12-19/h1-12H,13-16H2,(H2,28,30). The summed E-state index contributed by atoms with van der Waals surface area (Å²) < 4.78 is 24.2. The Balaban J connectivity index is 1.67. The van der Waals surface area contributed by atoms with Crippen LogP contribution in [0.4, 0.5) is 10.1 Å². The zero-order chi connectivity index (χ0) is 24.5. The molecule has 9 heteroatoms. The maximum atomic E-state index is 13.3. The van der Waals surface area contributed by atoms with E-state index in [0.29, 0.717) is 10.7 Å². The molecular weight excluding hydrogens is 463 g/mol. The summed E-state index contributed by atoms with van der Waals surface area (Å²) in [6.07, 6.45) is -0.115. The highest BCUT2D eigenvalue weighted by Gasteiger charge is 2.21. The molecule has 3 aromatic carbocycles. The number of amides is 2. The molecular formula is C25H22ClFN2O5. The van der Waals surface area contributed by atoms with E-state index >= 15 is 0 Å². The number of hydrogen-bond donors (Lipinski definition) is 1. The van der Waals surface area contributed by atoms with Gasteiger partial charge in [0.2, 0.25) is 5.91 Å². The van der Waals surface area contributed by atoms with E-state index in [1.54, 1.807) is 36.4 Å². The molecule has 176 valence electrons. The molecule has 0 aliphatic heterocycles. The summed E-state index contributed by atoms with van der Waals surface area (Å²) >= 11 is 6.15. The van der Waals surface area contributed by atoms with Crippen molar-refractivity contribution >= 4 is 35.1 Å². The Morgan fingerprint density at radius 3 is 2.32 bits per heavy atom. The first-order valence-corrected chi connectivity index (χ1v) is 10.7. The Labute approximate surface area is 200 Å². The van der Waals surface area contributed by atoms with E-state index in [4.69, 9.17) is 26.8 Å². The largest absolute Gasteiger partial charge is 0.488 e. The number of halogens is 2. The van der Waals surface area contributed by atoms with Crippen LogP contribution in [-0.4, -0.2) is 30.9 Å². The van der Waals surface area contributed by atoms with Crippen molar-refractivity contribution in [2.45, 2.75) is 13.0 Å². The van der Waals surface area contributed by atoms with Crippen molar-refractivity contribution < 1.29 is 28.2 Å². The maximum absolute atomic E-state index is 13.3. The number of anilines is 1. The Bertz CT molecular complexity index is 1170. The lowest BCUT2D eigenvalue weighted by atomic mass is 10.2. The molecule has 0 bridgehead atoms. The molecule has 0 atom stereocenters. The lowest BCUT2D eigenvalue weighted by molar-refractivity contribution is -0.121. The highest BCUT2D eigenvalue weighted by atomic mass is 35.5. The zero-order valence-electron chi connectivity index (χ0n) is 18.1. The first-order chi connectivity index (χ1) is 16.3. The highest BCUT2D eigenvalue weighted by molar-refractivity contribution is 6.31. The minimum Gasteiger partial charge on any atom is -0.488 e. The summed E-state index contributed by atoms with van der Waals surface area (Å²) in [7, 11) is 0. The molecule has 34 heavy (non-hydrogen) atoms. The average molecular weight is 485 g/mol. The van der Waals surface area contributed by atoms with Gasteiger partial charge in [-0.1, -0.05) is 41.9 Å². The number of primary amides is 1. The normalized spacial score (nSPS) is 10.4. The van der Waals surface area contributed by atoms with Gasteiger partial charge in [0.05, 0.1) is 0 Å². The number of carbonyl (C=O) groups is 3. The number of hydrogen-bond acceptors (Lipinski definition) is 5. The van der Waals surface area contributed by atoms with Crippen molar-refractivity contribution in [3.63, 3.8) is 0 Å². The fourth-order valence-electron chi connectivity index (χ4n) is 3.06. The molecule has 0 unspecified atom stereocenters. The molecule has 0 aromatic heterocycles. The van der Waals surface area contributed by atoms with Gasteiger partial charge in [-0.25, -0.2) is 9.18 Å². The van der Waals surface area contributed by atoms with Gasteiger partial charge in [-0.2, -0.15) is 0 Å². The molecule has 0 spiro atoms. The van der Waals surface area contributed by atoms with Gasteiger partial charge in [0.1, 0.15) is 23.7 Å². The minimum atomic E-state index is -0.767. The number of nitrogens with two attached hydrogens (primary N) is 1. The van der Waals surface area contributed by atoms with Crippen molar-refractivity contribution in [3.8, 4) is 5.75 Å². The van der Waals surface area contributed by atoms with E-state index in [9.17, 15) is 18.8 Å². The van der Waals surface area contributed by atoms with Gasteiger partial charge in [0, 0.05) is 29.2 Å². The number of rotatable bonds is 10. The number of para-hydroxylation sites is 1. The second-order valence-electron chi connectivity index (χ2n) is 7.19. The molecule has 0 heterocycles. The average Bonchev–Trinajstić information content (AvgIpc) is 2.83. The first kappa shape index (κ1) is 24.7. The molecule has 7 nitrogen and oxygen atoms in total. The van der Waals surface area contributed by atoms with Crippen molar-refractivity contribution in [1.82, 2.24) is 0 Å². The number of esters is 1. The van der Waals surface area contributed by atoms with Crippen LogP contribution < -0.4 is 15.4 Å². The Morgan fingerprint density at radius 2 is 1.62 bits per heavy atom. The van der Waals surface area contributed by atoms with Crippen molar-refractivity contribution in [1.29, 1.82) is 0 Å². The summed E-state index contributed by atoms with van der Waals surface area (Å²) in [5, 5.41) is 0.532. The van der Waals surface area contributed by atoms with Crippen molar-refractivity contribution in [2.75, 3.05) is 18.1 Å². The fourth-order valence-corrected chi connectivity index (χ4v) is 3.25. The van der Waals surface area contributed by atoms with Gasteiger partial charge in [0.25, 0.3) is 5.91 Å². The van der Waals surface area contributed by atoms with Gasteiger partial charge in [-0.3, -0.25) is 9.59 Å². The number of nitrogens with zero attached hydrogens (tertiary/aromatic N) is 1. The van der Waals surface area contributed by atoms with Gasteiger partial charge < -0.3 is 20.1 Å². The third-order valence-electron chi connectivity index (χ3n) is 4.80. The molecule has 0 radical (unpaired) electrons. The molecule has 0 aliphatic rings. The number of ether oxygens (including phenoxy) is 2. The Morgan fingerprint density at radius 1 is 0.941 bits per heavy atom. The smallest absolute Gasteiger partial charge is 0.342 e.